The van der Waals surface area contributed by atoms with Crippen LogP contribution in [0.15, 0.2) is 60.7 Å². The van der Waals surface area contributed by atoms with Crippen LogP contribution in [-0.4, -0.2) is 37.0 Å². The van der Waals surface area contributed by atoms with Crippen molar-refractivity contribution >= 4 is 0 Å². The van der Waals surface area contributed by atoms with Gasteiger partial charge in [-0.3, -0.25) is 4.90 Å². The first-order chi connectivity index (χ1) is 10.7. The zero-order chi connectivity index (χ0) is 15.6. The molecule has 2 aromatic rings. The van der Waals surface area contributed by atoms with Crippen molar-refractivity contribution in [1.29, 1.82) is 0 Å². The average Bonchev–Trinajstić information content (AvgIpc) is 3.01. The molecule has 0 aromatic heterocycles. The second-order valence-corrected chi connectivity index (χ2v) is 6.15. The van der Waals surface area contributed by atoms with E-state index >= 15 is 0 Å². The third-order valence-electron chi connectivity index (χ3n) is 3.92. The van der Waals surface area contributed by atoms with Crippen molar-refractivity contribution in [2.24, 2.45) is 0 Å². The van der Waals surface area contributed by atoms with Crippen LogP contribution in [0, 0.1) is 0 Å². The number of nitrogens with zero attached hydrogens (tertiary/aromatic N) is 2. The molecule has 2 heteroatoms. The summed E-state index contributed by atoms with van der Waals surface area (Å²) in [6.45, 7) is 4.63. The van der Waals surface area contributed by atoms with E-state index in [9.17, 15) is 0 Å². The molecule has 0 N–H and O–H groups in total. The first kappa shape index (κ1) is 16.7. The van der Waals surface area contributed by atoms with E-state index in [-0.39, 0.29) is 0 Å². The first-order valence-corrected chi connectivity index (χ1v) is 8.19. The van der Waals surface area contributed by atoms with Crippen LogP contribution in [0.3, 0.4) is 0 Å². The Labute approximate surface area is 135 Å². The monoisotopic (exact) mass is 296 g/mol. The maximum atomic E-state index is 2.36. The second kappa shape index (κ2) is 9.39. The summed E-state index contributed by atoms with van der Waals surface area (Å²) in [7, 11) is 4.33. The van der Waals surface area contributed by atoms with E-state index in [0.29, 0.717) is 0 Å². The molecule has 22 heavy (non-hydrogen) atoms. The predicted octanol–water partition coefficient (Wildman–Crippen LogP) is 4.03. The van der Waals surface area contributed by atoms with E-state index < -0.39 is 0 Å². The van der Waals surface area contributed by atoms with Crippen molar-refractivity contribution in [3.63, 3.8) is 0 Å². The Morgan fingerprint density at radius 3 is 1.50 bits per heavy atom. The zero-order valence-corrected chi connectivity index (χ0v) is 13.9. The van der Waals surface area contributed by atoms with Crippen molar-refractivity contribution < 1.29 is 0 Å². The van der Waals surface area contributed by atoms with Gasteiger partial charge in [-0.2, -0.15) is 0 Å². The molecule has 1 aliphatic heterocycles. The molecule has 1 heterocycles. The van der Waals surface area contributed by atoms with Crippen LogP contribution in [0.4, 0.5) is 0 Å². The zero-order valence-electron chi connectivity index (χ0n) is 13.9. The van der Waals surface area contributed by atoms with Gasteiger partial charge in [-0.05, 0) is 51.2 Å². The molecule has 2 nitrogen and oxygen atoms in total. The Balaban J connectivity index is 0.000000246. The van der Waals surface area contributed by atoms with Gasteiger partial charge in [0, 0.05) is 13.1 Å². The quantitative estimate of drug-likeness (QED) is 0.840. The van der Waals surface area contributed by atoms with E-state index in [1.807, 2.05) is 0 Å². The molecule has 0 unspecified atom stereocenters. The van der Waals surface area contributed by atoms with Gasteiger partial charge in [0.15, 0.2) is 0 Å². The second-order valence-electron chi connectivity index (χ2n) is 6.15. The highest BCUT2D eigenvalue weighted by Gasteiger charge is 2.03. The van der Waals surface area contributed by atoms with Gasteiger partial charge in [-0.25, -0.2) is 0 Å². The standard InChI is InChI=1S/C15H17N.C5H11N/c1-16(12-14-8-4-2-5-9-14)13-15-10-6-3-7-11-15;1-6-4-2-3-5-6/h2-11H,12-13H2,1H3;2-5H2,1H3. The first-order valence-electron chi connectivity index (χ1n) is 8.19. The van der Waals surface area contributed by atoms with Crippen molar-refractivity contribution in [3.8, 4) is 0 Å². The van der Waals surface area contributed by atoms with Crippen molar-refractivity contribution in [2.45, 2.75) is 25.9 Å². The molecule has 1 saturated heterocycles. The van der Waals surface area contributed by atoms with E-state index in [1.165, 1.54) is 37.1 Å². The molecule has 0 spiro atoms. The molecule has 0 saturated carbocycles. The minimum absolute atomic E-state index is 0.996. The summed E-state index contributed by atoms with van der Waals surface area (Å²) in [5.41, 5.74) is 2.72. The van der Waals surface area contributed by atoms with E-state index in [4.69, 9.17) is 0 Å². The van der Waals surface area contributed by atoms with Crippen molar-refractivity contribution in [3.05, 3.63) is 71.8 Å². The van der Waals surface area contributed by atoms with Gasteiger partial charge in [-0.1, -0.05) is 60.7 Å². The number of hydrogen-bond donors (Lipinski definition) is 0. The summed E-state index contributed by atoms with van der Waals surface area (Å²) >= 11 is 0. The molecule has 0 radical (unpaired) electrons. The lowest BCUT2D eigenvalue weighted by atomic mass is 10.2. The van der Waals surface area contributed by atoms with Crippen LogP contribution < -0.4 is 0 Å². The van der Waals surface area contributed by atoms with Gasteiger partial charge in [0.25, 0.3) is 0 Å². The summed E-state index contributed by atoms with van der Waals surface area (Å²) < 4.78 is 0. The molecule has 2 aromatic carbocycles. The van der Waals surface area contributed by atoms with Gasteiger partial charge in [-0.15, -0.1) is 0 Å². The number of rotatable bonds is 4. The molecule has 3 rings (SSSR count). The van der Waals surface area contributed by atoms with Crippen molar-refractivity contribution in [2.75, 3.05) is 27.2 Å². The Morgan fingerprint density at radius 2 is 1.18 bits per heavy atom. The Bertz CT molecular complexity index is 462. The van der Waals surface area contributed by atoms with Crippen LogP contribution in [-0.2, 0) is 13.1 Å². The highest BCUT2D eigenvalue weighted by Crippen LogP contribution is 2.07. The van der Waals surface area contributed by atoms with E-state index in [1.54, 1.807) is 0 Å². The SMILES string of the molecule is CN(Cc1ccccc1)Cc1ccccc1.CN1CCCC1. The predicted molar refractivity (Wildman–Crippen MR) is 94.8 cm³/mol. The van der Waals surface area contributed by atoms with Crippen LogP contribution in [0.5, 0.6) is 0 Å². The maximum Gasteiger partial charge on any atom is 0.0234 e. The Kier molecular flexibility index (Phi) is 7.14. The number of hydrogen-bond acceptors (Lipinski definition) is 2. The molecule has 0 aliphatic carbocycles. The van der Waals surface area contributed by atoms with Crippen LogP contribution in [0.1, 0.15) is 24.0 Å². The molecule has 0 atom stereocenters. The number of benzene rings is 2. The van der Waals surface area contributed by atoms with E-state index in [0.717, 1.165) is 13.1 Å². The van der Waals surface area contributed by atoms with Gasteiger partial charge in [0.05, 0.1) is 0 Å². The molecular formula is C20H28N2. The molecule has 118 valence electrons. The summed E-state index contributed by atoms with van der Waals surface area (Å²) in [6, 6.07) is 21.1. The lowest BCUT2D eigenvalue weighted by molar-refractivity contribution is 0.319. The molecule has 1 aliphatic rings. The van der Waals surface area contributed by atoms with E-state index in [2.05, 4.69) is 84.6 Å². The van der Waals surface area contributed by atoms with Crippen LogP contribution >= 0.6 is 0 Å². The summed E-state index contributed by atoms with van der Waals surface area (Å²) in [4.78, 5) is 4.69. The molecular weight excluding hydrogens is 268 g/mol. The fourth-order valence-electron chi connectivity index (χ4n) is 2.72. The summed E-state index contributed by atoms with van der Waals surface area (Å²) in [6.07, 6.45) is 2.83. The average molecular weight is 296 g/mol. The largest absolute Gasteiger partial charge is 0.306 e. The maximum absolute atomic E-state index is 2.36. The molecule has 0 bridgehead atoms. The minimum Gasteiger partial charge on any atom is -0.306 e. The van der Waals surface area contributed by atoms with Crippen LogP contribution in [0.2, 0.25) is 0 Å². The molecule has 1 fully saturated rings. The highest BCUT2D eigenvalue weighted by atomic mass is 15.1. The lowest BCUT2D eigenvalue weighted by Crippen LogP contribution is -2.16. The fraction of sp³-hybridized carbons (Fsp3) is 0.400. The summed E-state index contributed by atoms with van der Waals surface area (Å²) in [5, 5.41) is 0. The van der Waals surface area contributed by atoms with Gasteiger partial charge in [0.1, 0.15) is 0 Å². The van der Waals surface area contributed by atoms with Gasteiger partial charge >= 0.3 is 0 Å². The van der Waals surface area contributed by atoms with Crippen LogP contribution in [0.25, 0.3) is 0 Å². The smallest absolute Gasteiger partial charge is 0.0234 e. The Hall–Kier alpha value is -1.64. The molecule has 0 amide bonds. The van der Waals surface area contributed by atoms with Gasteiger partial charge < -0.3 is 4.90 Å². The third-order valence-corrected chi connectivity index (χ3v) is 3.92. The lowest BCUT2D eigenvalue weighted by Gasteiger charge is -2.16. The number of likely N-dealkylation sites (tertiary alicyclic amines) is 1. The van der Waals surface area contributed by atoms with Crippen molar-refractivity contribution in [1.82, 2.24) is 9.80 Å². The topological polar surface area (TPSA) is 6.48 Å². The minimum atomic E-state index is 0.996. The normalized spacial score (nSPS) is 14.7. The highest BCUT2D eigenvalue weighted by molar-refractivity contribution is 5.16. The summed E-state index contributed by atoms with van der Waals surface area (Å²) in [5.74, 6) is 0. The third kappa shape index (κ3) is 6.42. The Morgan fingerprint density at radius 1 is 0.773 bits per heavy atom. The van der Waals surface area contributed by atoms with Gasteiger partial charge in [0.2, 0.25) is 0 Å². The fourth-order valence-corrected chi connectivity index (χ4v) is 2.72.